The Morgan fingerprint density at radius 2 is 2.18 bits per heavy atom. The predicted molar refractivity (Wildman–Crippen MR) is 76.1 cm³/mol. The van der Waals surface area contributed by atoms with Crippen LogP contribution in [0.1, 0.15) is 0 Å². The third-order valence-corrected chi connectivity index (χ3v) is 3.80. The van der Waals surface area contributed by atoms with Gasteiger partial charge >= 0.3 is 6.09 Å². The van der Waals surface area contributed by atoms with Crippen molar-refractivity contribution in [2.45, 2.75) is 6.10 Å². The SMILES string of the molecule is CN1CN(c2ccc(N3CC(CO)OC3=O)cc2F)CC1=O. The van der Waals surface area contributed by atoms with Crippen LogP contribution in [0.4, 0.5) is 20.6 Å². The summed E-state index contributed by atoms with van der Waals surface area (Å²) in [5.41, 5.74) is 0.675. The molecule has 118 valence electrons. The minimum absolute atomic E-state index is 0.0719. The van der Waals surface area contributed by atoms with E-state index >= 15 is 0 Å². The van der Waals surface area contributed by atoms with Crippen LogP contribution < -0.4 is 9.80 Å². The molecule has 1 aromatic carbocycles. The maximum atomic E-state index is 14.3. The van der Waals surface area contributed by atoms with Crippen LogP contribution in [0, 0.1) is 5.82 Å². The van der Waals surface area contributed by atoms with Crippen molar-refractivity contribution in [3.8, 4) is 0 Å². The summed E-state index contributed by atoms with van der Waals surface area (Å²) in [5.74, 6) is -0.585. The van der Waals surface area contributed by atoms with Crippen LogP contribution in [0.3, 0.4) is 0 Å². The van der Waals surface area contributed by atoms with E-state index in [2.05, 4.69) is 0 Å². The summed E-state index contributed by atoms with van der Waals surface area (Å²) in [5, 5.41) is 9.02. The standard InChI is InChI=1S/C14H16FN3O4/c1-16-8-17(6-13(16)20)12-3-2-9(4-11(12)15)18-5-10(7-19)22-14(18)21/h2-4,10,19H,5-8H2,1H3. The summed E-state index contributed by atoms with van der Waals surface area (Å²) in [7, 11) is 1.66. The average molecular weight is 309 g/mol. The van der Waals surface area contributed by atoms with Gasteiger partial charge in [0.1, 0.15) is 11.9 Å². The van der Waals surface area contributed by atoms with Gasteiger partial charge in [0.25, 0.3) is 0 Å². The molecule has 0 saturated carbocycles. The Morgan fingerprint density at radius 1 is 1.41 bits per heavy atom. The number of amides is 2. The number of carbonyl (C=O) groups excluding carboxylic acids is 2. The third-order valence-electron chi connectivity index (χ3n) is 3.80. The average Bonchev–Trinajstić information content (AvgIpc) is 3.02. The zero-order valence-corrected chi connectivity index (χ0v) is 12.0. The van der Waals surface area contributed by atoms with Crippen molar-refractivity contribution in [2.24, 2.45) is 0 Å². The van der Waals surface area contributed by atoms with Gasteiger partial charge in [0.15, 0.2) is 0 Å². The molecule has 2 aliphatic rings. The number of carbonyl (C=O) groups is 2. The molecule has 1 unspecified atom stereocenters. The van der Waals surface area contributed by atoms with Gasteiger partial charge in [-0.2, -0.15) is 0 Å². The van der Waals surface area contributed by atoms with E-state index in [9.17, 15) is 14.0 Å². The molecule has 7 nitrogen and oxygen atoms in total. The number of likely N-dealkylation sites (N-methyl/N-ethyl adjacent to an activating group) is 1. The first kappa shape index (κ1) is 14.6. The van der Waals surface area contributed by atoms with Gasteiger partial charge in [-0.25, -0.2) is 9.18 Å². The lowest BCUT2D eigenvalue weighted by Crippen LogP contribution is -2.26. The van der Waals surface area contributed by atoms with Crippen LogP contribution in [0.2, 0.25) is 0 Å². The number of rotatable bonds is 3. The third kappa shape index (κ3) is 2.45. The Morgan fingerprint density at radius 3 is 2.73 bits per heavy atom. The summed E-state index contributed by atoms with van der Waals surface area (Å²) in [6.07, 6.45) is -1.21. The molecule has 8 heteroatoms. The number of cyclic esters (lactones) is 1. The molecule has 0 aromatic heterocycles. The fourth-order valence-electron chi connectivity index (χ4n) is 2.58. The largest absolute Gasteiger partial charge is 0.441 e. The van der Waals surface area contributed by atoms with Crippen LogP contribution >= 0.6 is 0 Å². The zero-order valence-electron chi connectivity index (χ0n) is 12.0. The highest BCUT2D eigenvalue weighted by Crippen LogP contribution is 2.29. The van der Waals surface area contributed by atoms with Crippen molar-refractivity contribution in [2.75, 3.05) is 43.2 Å². The lowest BCUT2D eigenvalue weighted by atomic mass is 10.2. The van der Waals surface area contributed by atoms with Crippen molar-refractivity contribution in [3.63, 3.8) is 0 Å². The monoisotopic (exact) mass is 309 g/mol. The highest BCUT2D eigenvalue weighted by atomic mass is 19.1. The summed E-state index contributed by atoms with van der Waals surface area (Å²) < 4.78 is 19.2. The molecule has 0 aliphatic carbocycles. The fraction of sp³-hybridized carbons (Fsp3) is 0.429. The number of hydrogen-bond acceptors (Lipinski definition) is 5. The first-order chi connectivity index (χ1) is 10.5. The van der Waals surface area contributed by atoms with Gasteiger partial charge in [-0.15, -0.1) is 0 Å². The number of ether oxygens (including phenoxy) is 1. The Bertz CT molecular complexity index is 624. The molecular weight excluding hydrogens is 293 g/mol. The molecular formula is C14H16FN3O4. The molecule has 1 N–H and O–H groups in total. The quantitative estimate of drug-likeness (QED) is 0.874. The maximum Gasteiger partial charge on any atom is 0.414 e. The van der Waals surface area contributed by atoms with Crippen molar-refractivity contribution < 1.29 is 23.8 Å². The normalized spacial score (nSPS) is 21.8. The van der Waals surface area contributed by atoms with Gasteiger partial charge in [-0.3, -0.25) is 9.69 Å². The first-order valence-corrected chi connectivity index (χ1v) is 6.87. The summed E-state index contributed by atoms with van der Waals surface area (Å²) >= 11 is 0. The van der Waals surface area contributed by atoms with Crippen LogP contribution in [-0.2, 0) is 9.53 Å². The number of hydrogen-bond donors (Lipinski definition) is 1. The maximum absolute atomic E-state index is 14.3. The second-order valence-electron chi connectivity index (χ2n) is 5.37. The van der Waals surface area contributed by atoms with Gasteiger partial charge in [0.2, 0.25) is 5.91 Å². The number of nitrogens with zero attached hydrogens (tertiary/aromatic N) is 3. The highest BCUT2D eigenvalue weighted by Gasteiger charge is 2.33. The smallest absolute Gasteiger partial charge is 0.414 e. The molecule has 1 atom stereocenters. The second kappa shape index (κ2) is 5.45. The van der Waals surface area contributed by atoms with Gasteiger partial charge in [0.05, 0.1) is 37.7 Å². The lowest BCUT2D eigenvalue weighted by molar-refractivity contribution is -0.125. The summed E-state index contributed by atoms with van der Waals surface area (Å²) in [6.45, 7) is 0.364. The van der Waals surface area contributed by atoms with Crippen LogP contribution in [-0.4, -0.2) is 61.5 Å². The number of benzene rings is 1. The molecule has 0 radical (unpaired) electrons. The predicted octanol–water partition coefficient (Wildman–Crippen LogP) is 0.379. The van der Waals surface area contributed by atoms with Crippen LogP contribution in [0.5, 0.6) is 0 Å². The van der Waals surface area contributed by atoms with E-state index in [4.69, 9.17) is 9.84 Å². The molecule has 22 heavy (non-hydrogen) atoms. The fourth-order valence-corrected chi connectivity index (χ4v) is 2.58. The van der Waals surface area contributed by atoms with E-state index in [0.29, 0.717) is 18.0 Å². The van der Waals surface area contributed by atoms with Crippen molar-refractivity contribution in [1.82, 2.24) is 4.90 Å². The Hall–Kier alpha value is -2.35. The number of anilines is 2. The Labute approximate surface area is 126 Å². The van der Waals surface area contributed by atoms with Crippen LogP contribution in [0.15, 0.2) is 18.2 Å². The van der Waals surface area contributed by atoms with Gasteiger partial charge < -0.3 is 19.6 Å². The van der Waals surface area contributed by atoms with E-state index in [1.807, 2.05) is 0 Å². The molecule has 1 aromatic rings. The number of halogens is 1. The van der Waals surface area contributed by atoms with Gasteiger partial charge in [-0.05, 0) is 18.2 Å². The van der Waals surface area contributed by atoms with Crippen LogP contribution in [0.25, 0.3) is 0 Å². The van der Waals surface area contributed by atoms with E-state index in [1.54, 1.807) is 18.0 Å². The number of aliphatic hydroxyl groups excluding tert-OH is 1. The minimum Gasteiger partial charge on any atom is -0.441 e. The first-order valence-electron chi connectivity index (χ1n) is 6.87. The molecule has 2 saturated heterocycles. The molecule has 2 amide bonds. The zero-order chi connectivity index (χ0) is 15.9. The molecule has 0 spiro atoms. The van der Waals surface area contributed by atoms with E-state index in [-0.39, 0.29) is 25.6 Å². The van der Waals surface area contributed by atoms with Crippen molar-refractivity contribution >= 4 is 23.4 Å². The highest BCUT2D eigenvalue weighted by molar-refractivity contribution is 5.90. The lowest BCUT2D eigenvalue weighted by Gasteiger charge is -2.20. The molecule has 0 bridgehead atoms. The number of aliphatic hydroxyl groups is 1. The van der Waals surface area contributed by atoms with Gasteiger partial charge in [0, 0.05) is 7.05 Å². The summed E-state index contributed by atoms with van der Waals surface area (Å²) in [4.78, 5) is 27.6. The molecule has 2 heterocycles. The molecule has 2 aliphatic heterocycles. The Kier molecular flexibility index (Phi) is 3.61. The van der Waals surface area contributed by atoms with Crippen molar-refractivity contribution in [1.29, 1.82) is 0 Å². The van der Waals surface area contributed by atoms with E-state index < -0.39 is 18.0 Å². The second-order valence-corrected chi connectivity index (χ2v) is 5.37. The van der Waals surface area contributed by atoms with Gasteiger partial charge in [-0.1, -0.05) is 0 Å². The Balaban J connectivity index is 1.81. The minimum atomic E-state index is -0.609. The van der Waals surface area contributed by atoms with E-state index in [1.165, 1.54) is 21.9 Å². The molecule has 3 rings (SSSR count). The van der Waals surface area contributed by atoms with E-state index in [0.717, 1.165) is 0 Å². The van der Waals surface area contributed by atoms with Crippen molar-refractivity contribution in [3.05, 3.63) is 24.0 Å². The topological polar surface area (TPSA) is 73.3 Å². The molecule has 2 fully saturated rings. The summed E-state index contributed by atoms with van der Waals surface area (Å²) in [6, 6.07) is 4.37.